The highest BCUT2D eigenvalue weighted by molar-refractivity contribution is 6.31. The largest absolute Gasteiger partial charge is 0.294 e. The third-order valence-corrected chi connectivity index (χ3v) is 7.06. The summed E-state index contributed by atoms with van der Waals surface area (Å²) in [4.78, 5) is 39.4. The van der Waals surface area contributed by atoms with E-state index in [1.54, 1.807) is 0 Å². The van der Waals surface area contributed by atoms with Gasteiger partial charge in [-0.1, -0.05) is 60.1 Å². The van der Waals surface area contributed by atoms with Crippen LogP contribution < -0.4 is 4.90 Å². The molecule has 0 spiro atoms. The number of benzene rings is 3. The Hall–Kier alpha value is -3.51. The van der Waals surface area contributed by atoms with Gasteiger partial charge in [-0.05, 0) is 34.4 Å². The van der Waals surface area contributed by atoms with Gasteiger partial charge >= 0.3 is 0 Å². The van der Waals surface area contributed by atoms with Crippen LogP contribution in [0.1, 0.15) is 34.1 Å². The Morgan fingerprint density at radius 2 is 1.23 bits per heavy atom. The fourth-order valence-electron chi connectivity index (χ4n) is 5.75. The van der Waals surface area contributed by atoms with Crippen molar-refractivity contribution in [3.05, 3.63) is 104 Å². The maximum Gasteiger partial charge on any atom is 0.294 e. The summed E-state index contributed by atoms with van der Waals surface area (Å²) in [6.07, 6.45) is 0. The van der Waals surface area contributed by atoms with Crippen molar-refractivity contribution >= 4 is 34.8 Å². The zero-order chi connectivity index (χ0) is 21.4. The summed E-state index contributed by atoms with van der Waals surface area (Å²) in [7, 11) is 0. The van der Waals surface area contributed by atoms with E-state index in [4.69, 9.17) is 11.6 Å². The SMILES string of the molecule is O=C1[C@H]2C3c4ccccc4C(c4ccccc43)[C@@H]2C(=O)N1c1ccc(Cl)cc1[N+](=O)[O-]. The van der Waals surface area contributed by atoms with E-state index in [2.05, 4.69) is 0 Å². The summed E-state index contributed by atoms with van der Waals surface area (Å²) >= 11 is 5.95. The van der Waals surface area contributed by atoms with Gasteiger partial charge < -0.3 is 0 Å². The molecule has 2 bridgehead atoms. The van der Waals surface area contributed by atoms with Crippen molar-refractivity contribution in [2.75, 3.05) is 4.90 Å². The summed E-state index contributed by atoms with van der Waals surface area (Å²) in [5.41, 5.74) is 3.85. The van der Waals surface area contributed by atoms with Crippen molar-refractivity contribution < 1.29 is 14.5 Å². The van der Waals surface area contributed by atoms with Crippen molar-refractivity contribution in [2.45, 2.75) is 11.8 Å². The molecule has 0 N–H and O–H groups in total. The Morgan fingerprint density at radius 1 is 0.774 bits per heavy atom. The molecular weight excluding hydrogens is 416 g/mol. The number of nitro benzene ring substituents is 1. The number of carbonyl (C=O) groups is 2. The molecule has 1 saturated heterocycles. The number of imide groups is 1. The van der Waals surface area contributed by atoms with Crippen molar-refractivity contribution in [3.8, 4) is 0 Å². The Labute approximate surface area is 182 Å². The number of anilines is 1. The average molecular weight is 431 g/mol. The second kappa shape index (κ2) is 6.25. The number of amides is 2. The lowest BCUT2D eigenvalue weighted by Gasteiger charge is -2.45. The molecule has 31 heavy (non-hydrogen) atoms. The molecule has 1 aliphatic heterocycles. The lowest BCUT2D eigenvalue weighted by atomic mass is 9.55. The van der Waals surface area contributed by atoms with Crippen LogP contribution in [0.25, 0.3) is 0 Å². The second-order valence-corrected chi connectivity index (χ2v) is 8.60. The molecule has 7 heteroatoms. The van der Waals surface area contributed by atoms with Crippen molar-refractivity contribution in [1.82, 2.24) is 0 Å². The van der Waals surface area contributed by atoms with Crippen LogP contribution >= 0.6 is 11.6 Å². The molecule has 3 aromatic rings. The molecule has 0 saturated carbocycles. The van der Waals surface area contributed by atoms with Crippen molar-refractivity contribution in [3.63, 3.8) is 0 Å². The summed E-state index contributed by atoms with van der Waals surface area (Å²) < 4.78 is 0. The highest BCUT2D eigenvalue weighted by Gasteiger charge is 2.62. The van der Waals surface area contributed by atoms with E-state index in [0.29, 0.717) is 0 Å². The summed E-state index contributed by atoms with van der Waals surface area (Å²) in [6.45, 7) is 0. The Bertz CT molecular complexity index is 1200. The van der Waals surface area contributed by atoms with E-state index in [1.165, 1.54) is 18.2 Å². The first-order valence-electron chi connectivity index (χ1n) is 9.98. The average Bonchev–Trinajstić information content (AvgIpc) is 3.04. The molecule has 2 amide bonds. The van der Waals surface area contributed by atoms with Crippen LogP contribution in [0.2, 0.25) is 5.02 Å². The summed E-state index contributed by atoms with van der Waals surface area (Å²) in [6, 6.07) is 19.9. The van der Waals surface area contributed by atoms with Gasteiger partial charge in [0.05, 0.1) is 16.8 Å². The highest BCUT2D eigenvalue weighted by atomic mass is 35.5. The van der Waals surface area contributed by atoms with Gasteiger partial charge in [0, 0.05) is 22.9 Å². The number of hydrogen-bond donors (Lipinski definition) is 0. The molecule has 152 valence electrons. The lowest BCUT2D eigenvalue weighted by Crippen LogP contribution is -2.41. The molecular formula is C24H15ClN2O4. The Morgan fingerprint density at radius 3 is 1.65 bits per heavy atom. The highest BCUT2D eigenvalue weighted by Crippen LogP contribution is 2.61. The molecule has 0 aromatic heterocycles. The standard InChI is InChI=1S/C24H15ClN2O4/c25-12-9-10-17(18(11-12)27(30)31)26-23(28)21-19-13-5-1-2-6-14(13)20(22(21)24(26)29)16-8-4-3-7-15(16)19/h1-11,19-22H/t19?,20?,21-,22-/m0/s1. The first kappa shape index (κ1) is 18.3. The fraction of sp³-hybridized carbons (Fsp3) is 0.167. The molecule has 7 rings (SSSR count). The van der Waals surface area contributed by atoms with Crippen LogP contribution in [0.15, 0.2) is 66.7 Å². The summed E-state index contributed by atoms with van der Waals surface area (Å²) in [5, 5.41) is 11.8. The topological polar surface area (TPSA) is 80.5 Å². The minimum absolute atomic E-state index is 0.0219. The fourth-order valence-corrected chi connectivity index (χ4v) is 5.91. The number of nitro groups is 1. The third kappa shape index (κ3) is 2.28. The molecule has 3 aliphatic carbocycles. The monoisotopic (exact) mass is 430 g/mol. The van der Waals surface area contributed by atoms with Crippen LogP contribution in [-0.2, 0) is 9.59 Å². The molecule has 0 radical (unpaired) electrons. The van der Waals surface area contributed by atoms with Gasteiger partial charge in [-0.15, -0.1) is 0 Å². The molecule has 3 aromatic carbocycles. The first-order valence-corrected chi connectivity index (χ1v) is 10.4. The Balaban J connectivity index is 1.57. The van der Waals surface area contributed by atoms with Gasteiger partial charge in [0.15, 0.2) is 0 Å². The van der Waals surface area contributed by atoms with E-state index in [1.807, 2.05) is 48.5 Å². The zero-order valence-corrected chi connectivity index (χ0v) is 16.8. The maximum atomic E-state index is 13.7. The lowest BCUT2D eigenvalue weighted by molar-refractivity contribution is -0.384. The van der Waals surface area contributed by atoms with Crippen LogP contribution in [0, 0.1) is 22.0 Å². The predicted molar refractivity (Wildman–Crippen MR) is 114 cm³/mol. The van der Waals surface area contributed by atoms with Crippen LogP contribution in [0.4, 0.5) is 11.4 Å². The number of hydrogen-bond acceptors (Lipinski definition) is 4. The van der Waals surface area contributed by atoms with Crippen LogP contribution in [0.5, 0.6) is 0 Å². The molecule has 0 unspecified atom stereocenters. The third-order valence-electron chi connectivity index (χ3n) is 6.82. The number of carbonyl (C=O) groups excluding carboxylic acids is 2. The van der Waals surface area contributed by atoms with E-state index in [0.717, 1.165) is 27.2 Å². The van der Waals surface area contributed by atoms with E-state index in [9.17, 15) is 19.7 Å². The minimum atomic E-state index is -0.609. The van der Waals surface area contributed by atoms with Gasteiger partial charge in [0.1, 0.15) is 5.69 Å². The quantitative estimate of drug-likeness (QED) is 0.337. The number of rotatable bonds is 2. The van der Waals surface area contributed by atoms with Crippen LogP contribution in [0.3, 0.4) is 0 Å². The van der Waals surface area contributed by atoms with Gasteiger partial charge in [-0.3, -0.25) is 19.7 Å². The van der Waals surface area contributed by atoms with Gasteiger partial charge in [0.25, 0.3) is 5.69 Å². The van der Waals surface area contributed by atoms with E-state index >= 15 is 0 Å². The predicted octanol–water partition coefficient (Wildman–Crippen LogP) is 4.64. The molecule has 6 nitrogen and oxygen atoms in total. The second-order valence-electron chi connectivity index (χ2n) is 8.17. The molecule has 4 aliphatic rings. The van der Waals surface area contributed by atoms with Gasteiger partial charge in [-0.2, -0.15) is 0 Å². The molecule has 1 fully saturated rings. The van der Waals surface area contributed by atoms with Crippen molar-refractivity contribution in [1.29, 1.82) is 0 Å². The normalized spacial score (nSPS) is 25.3. The first-order chi connectivity index (χ1) is 15.0. The maximum absolute atomic E-state index is 13.7. The smallest absolute Gasteiger partial charge is 0.274 e. The van der Waals surface area contributed by atoms with E-state index in [-0.39, 0.29) is 40.0 Å². The zero-order valence-electron chi connectivity index (χ0n) is 16.1. The Kier molecular flexibility index (Phi) is 3.68. The summed E-state index contributed by atoms with van der Waals surface area (Å²) in [5.74, 6) is -2.46. The molecule has 1 heterocycles. The van der Waals surface area contributed by atoms with Gasteiger partial charge in [-0.25, -0.2) is 4.90 Å². The van der Waals surface area contributed by atoms with Crippen LogP contribution in [-0.4, -0.2) is 16.7 Å². The van der Waals surface area contributed by atoms with E-state index < -0.39 is 16.8 Å². The van der Waals surface area contributed by atoms with Crippen molar-refractivity contribution in [2.24, 2.45) is 11.8 Å². The van der Waals surface area contributed by atoms with Gasteiger partial charge in [0.2, 0.25) is 11.8 Å². The molecule has 2 atom stereocenters. The number of halogens is 1. The minimum Gasteiger partial charge on any atom is -0.274 e. The number of nitrogens with zero attached hydrogens (tertiary/aromatic N) is 2.